The van der Waals surface area contributed by atoms with Crippen LogP contribution in [0, 0.1) is 6.92 Å². The van der Waals surface area contributed by atoms with Gasteiger partial charge in [-0.2, -0.15) is 0 Å². The molecule has 0 aliphatic rings. The van der Waals surface area contributed by atoms with Crippen LogP contribution in [-0.4, -0.2) is 22.0 Å². The van der Waals surface area contributed by atoms with E-state index >= 15 is 0 Å². The second kappa shape index (κ2) is 6.95. The summed E-state index contributed by atoms with van der Waals surface area (Å²) in [6, 6.07) is 1.37. The van der Waals surface area contributed by atoms with Gasteiger partial charge in [0.1, 0.15) is 15.6 Å². The van der Waals surface area contributed by atoms with Gasteiger partial charge >= 0.3 is 5.97 Å². The molecule has 1 atom stereocenters. The summed E-state index contributed by atoms with van der Waals surface area (Å²) in [5, 5.41) is 12.4. The normalized spacial score (nSPS) is 12.2. The van der Waals surface area contributed by atoms with E-state index in [9.17, 15) is 9.59 Å². The molecule has 0 aliphatic carbocycles. The lowest BCUT2D eigenvalue weighted by Crippen LogP contribution is -2.26. The van der Waals surface area contributed by atoms with Crippen LogP contribution in [-0.2, 0) is 12.8 Å². The molecule has 0 spiro atoms. The molecule has 7 heteroatoms. The molecule has 2 N–H and O–H groups in total. The highest BCUT2D eigenvalue weighted by molar-refractivity contribution is 7.13. The number of aromatic nitrogens is 1. The molecule has 2 heterocycles. The van der Waals surface area contributed by atoms with Crippen LogP contribution < -0.4 is 5.32 Å². The summed E-state index contributed by atoms with van der Waals surface area (Å²) in [4.78, 5) is 27.8. The summed E-state index contributed by atoms with van der Waals surface area (Å²) in [6.07, 6.45) is 1.54. The van der Waals surface area contributed by atoms with Gasteiger partial charge in [0, 0.05) is 6.42 Å². The molecule has 2 aromatic heterocycles. The topological polar surface area (TPSA) is 92.4 Å². The van der Waals surface area contributed by atoms with E-state index in [1.165, 1.54) is 0 Å². The third-order valence-corrected chi connectivity index (χ3v) is 4.88. The van der Waals surface area contributed by atoms with Gasteiger partial charge in [-0.05, 0) is 31.9 Å². The second-order valence-corrected chi connectivity index (χ2v) is 6.26. The molecule has 0 bridgehead atoms. The first-order chi connectivity index (χ1) is 10.9. The Kier molecular flexibility index (Phi) is 5.20. The first kappa shape index (κ1) is 17.2. The van der Waals surface area contributed by atoms with Gasteiger partial charge in [-0.3, -0.25) is 4.79 Å². The number of carboxylic acid groups (broad SMARTS) is 1. The van der Waals surface area contributed by atoms with Crippen molar-refractivity contribution in [3.05, 3.63) is 38.7 Å². The van der Waals surface area contributed by atoms with Crippen molar-refractivity contribution >= 4 is 23.2 Å². The van der Waals surface area contributed by atoms with Crippen molar-refractivity contribution in [2.45, 2.75) is 46.6 Å². The summed E-state index contributed by atoms with van der Waals surface area (Å²) >= 11 is 1.07. The van der Waals surface area contributed by atoms with Crippen molar-refractivity contribution in [2.75, 3.05) is 0 Å². The number of thiazole rings is 1. The van der Waals surface area contributed by atoms with Crippen LogP contribution in [0.4, 0.5) is 0 Å². The molecule has 0 saturated carbocycles. The number of carboxylic acids is 1. The van der Waals surface area contributed by atoms with Crippen LogP contribution in [0.15, 0.2) is 10.5 Å². The summed E-state index contributed by atoms with van der Waals surface area (Å²) in [5.41, 5.74) is 1.49. The SMILES string of the molecule is CCc1cc(C(=O)NC(C)c2nc(C)c(C(=O)O)s2)oc1CC. The Hall–Kier alpha value is -2.15. The highest BCUT2D eigenvalue weighted by atomic mass is 32.1. The van der Waals surface area contributed by atoms with E-state index in [2.05, 4.69) is 10.3 Å². The molecule has 2 rings (SSSR count). The van der Waals surface area contributed by atoms with E-state index < -0.39 is 5.97 Å². The van der Waals surface area contributed by atoms with Crippen LogP contribution in [0.25, 0.3) is 0 Å². The lowest BCUT2D eigenvalue weighted by Gasteiger charge is -2.09. The number of amides is 1. The Bertz CT molecular complexity index is 711. The maximum absolute atomic E-state index is 12.3. The van der Waals surface area contributed by atoms with Crippen molar-refractivity contribution in [2.24, 2.45) is 0 Å². The summed E-state index contributed by atoms with van der Waals surface area (Å²) in [7, 11) is 0. The fourth-order valence-electron chi connectivity index (χ4n) is 2.31. The molecule has 0 aliphatic heterocycles. The standard InChI is InChI=1S/C16H20N2O4S/c1-5-10-7-12(22-11(10)6-2)14(19)17-9(4)15-18-8(3)13(23-15)16(20)21/h7,9H,5-6H2,1-4H3,(H,17,19)(H,20,21). The number of rotatable bonds is 6. The van der Waals surface area contributed by atoms with Crippen LogP contribution >= 0.6 is 11.3 Å². The summed E-state index contributed by atoms with van der Waals surface area (Å²) < 4.78 is 5.60. The Morgan fingerprint density at radius 2 is 2.09 bits per heavy atom. The predicted molar refractivity (Wildman–Crippen MR) is 87.2 cm³/mol. The fourth-order valence-corrected chi connectivity index (χ4v) is 3.22. The maximum Gasteiger partial charge on any atom is 0.347 e. The van der Waals surface area contributed by atoms with E-state index in [0.717, 1.165) is 35.5 Å². The number of nitrogens with one attached hydrogen (secondary N) is 1. The van der Waals surface area contributed by atoms with Gasteiger partial charge in [0.2, 0.25) is 0 Å². The van der Waals surface area contributed by atoms with Gasteiger partial charge in [-0.25, -0.2) is 9.78 Å². The molecule has 1 amide bonds. The quantitative estimate of drug-likeness (QED) is 0.844. The second-order valence-electron chi connectivity index (χ2n) is 5.23. The smallest absolute Gasteiger partial charge is 0.347 e. The van der Waals surface area contributed by atoms with Gasteiger partial charge < -0.3 is 14.8 Å². The first-order valence-corrected chi connectivity index (χ1v) is 8.32. The van der Waals surface area contributed by atoms with Crippen molar-refractivity contribution < 1.29 is 19.1 Å². The molecule has 0 fully saturated rings. The summed E-state index contributed by atoms with van der Waals surface area (Å²) in [5.74, 6) is -0.228. The number of carbonyl (C=O) groups excluding carboxylic acids is 1. The number of hydrogen-bond acceptors (Lipinski definition) is 5. The van der Waals surface area contributed by atoms with E-state index in [1.807, 2.05) is 13.8 Å². The monoisotopic (exact) mass is 336 g/mol. The van der Waals surface area contributed by atoms with Crippen LogP contribution in [0.5, 0.6) is 0 Å². The minimum atomic E-state index is -1.00. The first-order valence-electron chi connectivity index (χ1n) is 7.50. The van der Waals surface area contributed by atoms with Gasteiger partial charge in [0.15, 0.2) is 5.76 Å². The largest absolute Gasteiger partial charge is 0.477 e. The molecule has 2 aromatic rings. The number of carbonyl (C=O) groups is 2. The highest BCUT2D eigenvalue weighted by Gasteiger charge is 2.21. The lowest BCUT2D eigenvalue weighted by molar-refractivity contribution is 0.0701. The zero-order valence-corrected chi connectivity index (χ0v) is 14.4. The van der Waals surface area contributed by atoms with Gasteiger partial charge in [-0.15, -0.1) is 11.3 Å². The molecule has 1 unspecified atom stereocenters. The fraction of sp³-hybridized carbons (Fsp3) is 0.438. The Balaban J connectivity index is 2.15. The summed E-state index contributed by atoms with van der Waals surface area (Å²) in [6.45, 7) is 7.41. The molecule has 0 saturated heterocycles. The third-order valence-electron chi connectivity index (χ3n) is 3.55. The average molecular weight is 336 g/mol. The number of furan rings is 1. The maximum atomic E-state index is 12.3. The Morgan fingerprint density at radius 3 is 2.57 bits per heavy atom. The van der Waals surface area contributed by atoms with Crippen LogP contribution in [0.2, 0.25) is 0 Å². The number of aromatic carboxylic acids is 1. The average Bonchev–Trinajstić information content (AvgIpc) is 3.10. The van der Waals surface area contributed by atoms with E-state index in [-0.39, 0.29) is 22.6 Å². The number of aryl methyl sites for hydroxylation is 3. The molecule has 0 radical (unpaired) electrons. The predicted octanol–water partition coefficient (Wildman–Crippen LogP) is 3.36. The van der Waals surface area contributed by atoms with Gasteiger partial charge in [-0.1, -0.05) is 13.8 Å². The van der Waals surface area contributed by atoms with E-state index in [1.54, 1.807) is 19.9 Å². The van der Waals surface area contributed by atoms with Crippen molar-refractivity contribution in [1.82, 2.24) is 10.3 Å². The molecule has 6 nitrogen and oxygen atoms in total. The van der Waals surface area contributed by atoms with E-state index in [4.69, 9.17) is 9.52 Å². The molecular formula is C16H20N2O4S. The minimum Gasteiger partial charge on any atom is -0.477 e. The van der Waals surface area contributed by atoms with Crippen molar-refractivity contribution in [3.8, 4) is 0 Å². The third kappa shape index (κ3) is 3.61. The Labute approximate surface area is 138 Å². The van der Waals surface area contributed by atoms with Crippen molar-refractivity contribution in [1.29, 1.82) is 0 Å². The van der Waals surface area contributed by atoms with Gasteiger partial charge in [0.25, 0.3) is 5.91 Å². The van der Waals surface area contributed by atoms with Crippen LogP contribution in [0.1, 0.15) is 69.1 Å². The number of nitrogens with zero attached hydrogens (tertiary/aromatic N) is 1. The molecular weight excluding hydrogens is 316 g/mol. The van der Waals surface area contributed by atoms with Crippen LogP contribution in [0.3, 0.4) is 0 Å². The number of hydrogen-bond donors (Lipinski definition) is 2. The molecule has 0 aromatic carbocycles. The highest BCUT2D eigenvalue weighted by Crippen LogP contribution is 2.24. The molecule has 124 valence electrons. The van der Waals surface area contributed by atoms with Crippen molar-refractivity contribution in [3.63, 3.8) is 0 Å². The van der Waals surface area contributed by atoms with E-state index in [0.29, 0.717) is 10.7 Å². The zero-order chi connectivity index (χ0) is 17.1. The zero-order valence-electron chi connectivity index (χ0n) is 13.6. The Morgan fingerprint density at radius 1 is 1.39 bits per heavy atom. The lowest BCUT2D eigenvalue weighted by atomic mass is 10.1. The minimum absolute atomic E-state index is 0.195. The van der Waals surface area contributed by atoms with Gasteiger partial charge in [0.05, 0.1) is 11.7 Å². The molecule has 23 heavy (non-hydrogen) atoms.